The molecular formula is C42H33NO7. The summed E-state index contributed by atoms with van der Waals surface area (Å²) in [5.74, 6) is -0.524. The van der Waals surface area contributed by atoms with Crippen LogP contribution < -0.4 is 14.2 Å². The van der Waals surface area contributed by atoms with Gasteiger partial charge in [-0.05, 0) is 64.4 Å². The van der Waals surface area contributed by atoms with Crippen LogP contribution in [0.2, 0.25) is 0 Å². The highest BCUT2D eigenvalue weighted by Crippen LogP contribution is 2.46. The molecule has 0 aromatic heterocycles. The molecule has 1 unspecified atom stereocenters. The number of carbonyl (C=O) groups excluding carboxylic acids is 3. The van der Waals surface area contributed by atoms with E-state index in [1.165, 1.54) is 0 Å². The number of rotatable bonds is 11. The number of hydrogen-bond donors (Lipinski definition) is 0. The van der Waals surface area contributed by atoms with Gasteiger partial charge in [-0.2, -0.15) is 0 Å². The van der Waals surface area contributed by atoms with Gasteiger partial charge in [0.25, 0.3) is 0 Å². The van der Waals surface area contributed by atoms with E-state index >= 15 is 0 Å². The molecule has 0 bridgehead atoms. The number of hydrogen-bond acceptors (Lipinski definition) is 7. The second-order valence-electron chi connectivity index (χ2n) is 11.6. The molecule has 0 heterocycles. The van der Waals surface area contributed by atoms with E-state index in [1.54, 1.807) is 60.7 Å². The number of benzene rings is 6. The Morgan fingerprint density at radius 3 is 1.64 bits per heavy atom. The van der Waals surface area contributed by atoms with Crippen molar-refractivity contribution in [2.24, 2.45) is 5.92 Å². The maximum absolute atomic E-state index is 13.6. The number of fused-ring (bicyclic) bond motifs is 2. The normalized spacial score (nSPS) is 11.4. The van der Waals surface area contributed by atoms with Crippen LogP contribution in [-0.4, -0.2) is 31.1 Å². The summed E-state index contributed by atoms with van der Waals surface area (Å²) < 4.78 is 23.1. The second kappa shape index (κ2) is 15.2. The predicted molar refractivity (Wildman–Crippen MR) is 192 cm³/mol. The third kappa shape index (κ3) is 7.33. The molecule has 8 heteroatoms. The molecular weight excluding hydrogens is 630 g/mol. The molecule has 0 aliphatic rings. The molecule has 0 spiro atoms. The smallest absolute Gasteiger partial charge is 0.343 e. The van der Waals surface area contributed by atoms with Crippen LogP contribution in [0.3, 0.4) is 0 Å². The van der Waals surface area contributed by atoms with Gasteiger partial charge >= 0.3 is 17.9 Å². The van der Waals surface area contributed by atoms with Gasteiger partial charge in [0.2, 0.25) is 0 Å². The van der Waals surface area contributed by atoms with Gasteiger partial charge in [0.1, 0.15) is 30.5 Å². The van der Waals surface area contributed by atoms with E-state index in [0.29, 0.717) is 40.1 Å². The SMILES string of the molecule is [C-]#[N+]c1ccc(C(=O)Oc2ccc3ccccc3c2-c2c(OC(=O)c3ccc(OCCOC(=O)C(C)CC)cc3)ccc3ccccc23)cc1. The maximum atomic E-state index is 13.6. The van der Waals surface area contributed by atoms with E-state index in [4.69, 9.17) is 25.5 Å². The molecule has 50 heavy (non-hydrogen) atoms. The highest BCUT2D eigenvalue weighted by molar-refractivity contribution is 6.11. The summed E-state index contributed by atoms with van der Waals surface area (Å²) in [7, 11) is 0. The molecule has 8 nitrogen and oxygen atoms in total. The minimum absolute atomic E-state index is 0.123. The summed E-state index contributed by atoms with van der Waals surface area (Å²) in [6.07, 6.45) is 0.704. The summed E-state index contributed by atoms with van der Waals surface area (Å²) in [6.45, 7) is 11.3. The van der Waals surface area contributed by atoms with Crippen molar-refractivity contribution in [3.63, 3.8) is 0 Å². The van der Waals surface area contributed by atoms with Gasteiger partial charge in [-0.1, -0.05) is 98.8 Å². The van der Waals surface area contributed by atoms with Crippen molar-refractivity contribution in [3.8, 4) is 28.4 Å². The van der Waals surface area contributed by atoms with Crippen molar-refractivity contribution < 1.29 is 33.3 Å². The van der Waals surface area contributed by atoms with Crippen LogP contribution in [-0.2, 0) is 9.53 Å². The molecule has 0 saturated carbocycles. The minimum Gasteiger partial charge on any atom is -0.490 e. The molecule has 0 amide bonds. The van der Waals surface area contributed by atoms with Gasteiger partial charge in [0.15, 0.2) is 5.69 Å². The van der Waals surface area contributed by atoms with Crippen LogP contribution in [0.25, 0.3) is 37.5 Å². The van der Waals surface area contributed by atoms with E-state index in [9.17, 15) is 14.4 Å². The predicted octanol–water partition coefficient (Wildman–Crippen LogP) is 9.62. The Balaban J connectivity index is 1.32. The molecule has 6 aromatic rings. The van der Waals surface area contributed by atoms with Crippen molar-refractivity contribution in [1.82, 2.24) is 0 Å². The zero-order chi connectivity index (χ0) is 35.0. The zero-order valence-corrected chi connectivity index (χ0v) is 27.6. The molecule has 248 valence electrons. The minimum atomic E-state index is -0.590. The Morgan fingerprint density at radius 2 is 1.14 bits per heavy atom. The maximum Gasteiger partial charge on any atom is 0.343 e. The lowest BCUT2D eigenvalue weighted by Crippen LogP contribution is -2.17. The lowest BCUT2D eigenvalue weighted by atomic mass is 9.92. The van der Waals surface area contributed by atoms with Crippen molar-refractivity contribution in [2.75, 3.05) is 13.2 Å². The van der Waals surface area contributed by atoms with E-state index in [2.05, 4.69) is 4.85 Å². The van der Waals surface area contributed by atoms with Crippen LogP contribution in [0, 0.1) is 12.5 Å². The number of nitrogens with zero attached hydrogens (tertiary/aromatic N) is 1. The molecule has 0 N–H and O–H groups in total. The number of esters is 3. The Hall–Kier alpha value is -6.46. The average molecular weight is 664 g/mol. The highest BCUT2D eigenvalue weighted by atomic mass is 16.6. The van der Waals surface area contributed by atoms with Gasteiger partial charge < -0.3 is 18.9 Å². The van der Waals surface area contributed by atoms with Gasteiger partial charge in [-0.25, -0.2) is 14.4 Å². The summed E-state index contributed by atoms with van der Waals surface area (Å²) in [6, 6.07) is 35.4. The van der Waals surface area contributed by atoms with Crippen molar-refractivity contribution in [1.29, 1.82) is 0 Å². The summed E-state index contributed by atoms with van der Waals surface area (Å²) in [5.41, 5.74) is 2.18. The number of ether oxygens (including phenoxy) is 4. The first-order valence-electron chi connectivity index (χ1n) is 16.2. The van der Waals surface area contributed by atoms with E-state index in [-0.39, 0.29) is 36.6 Å². The van der Waals surface area contributed by atoms with Crippen LogP contribution in [0.15, 0.2) is 121 Å². The zero-order valence-electron chi connectivity index (χ0n) is 27.6. The Morgan fingerprint density at radius 1 is 0.640 bits per heavy atom. The molecule has 0 radical (unpaired) electrons. The first-order valence-corrected chi connectivity index (χ1v) is 16.2. The summed E-state index contributed by atoms with van der Waals surface area (Å²) in [5, 5.41) is 3.40. The van der Waals surface area contributed by atoms with Gasteiger partial charge in [0, 0.05) is 11.1 Å². The van der Waals surface area contributed by atoms with Crippen LogP contribution >= 0.6 is 0 Å². The van der Waals surface area contributed by atoms with Gasteiger partial charge in [-0.15, -0.1) is 0 Å². The summed E-state index contributed by atoms with van der Waals surface area (Å²) in [4.78, 5) is 42.3. The first-order chi connectivity index (χ1) is 24.4. The first kappa shape index (κ1) is 33.4. The average Bonchev–Trinajstić information content (AvgIpc) is 3.16. The lowest BCUT2D eigenvalue weighted by Gasteiger charge is -2.19. The third-order valence-electron chi connectivity index (χ3n) is 8.37. The van der Waals surface area contributed by atoms with Crippen molar-refractivity contribution in [2.45, 2.75) is 20.3 Å². The number of carbonyl (C=O) groups is 3. The van der Waals surface area contributed by atoms with Crippen LogP contribution in [0.1, 0.15) is 41.0 Å². The second-order valence-corrected chi connectivity index (χ2v) is 11.6. The Kier molecular flexibility index (Phi) is 10.2. The summed E-state index contributed by atoms with van der Waals surface area (Å²) >= 11 is 0. The highest BCUT2D eigenvalue weighted by Gasteiger charge is 2.23. The molecule has 0 aliphatic heterocycles. The van der Waals surface area contributed by atoms with E-state index < -0.39 is 11.9 Å². The largest absolute Gasteiger partial charge is 0.490 e. The molecule has 0 saturated heterocycles. The topological polar surface area (TPSA) is 92.5 Å². The molecule has 0 aliphatic carbocycles. The lowest BCUT2D eigenvalue weighted by molar-refractivity contribution is -0.148. The van der Waals surface area contributed by atoms with Crippen LogP contribution in [0.4, 0.5) is 5.69 Å². The van der Waals surface area contributed by atoms with E-state index in [0.717, 1.165) is 21.5 Å². The quantitative estimate of drug-likeness (QED) is 0.0590. The molecule has 6 rings (SSSR count). The van der Waals surface area contributed by atoms with Gasteiger partial charge in [-0.3, -0.25) is 4.79 Å². The fourth-order valence-corrected chi connectivity index (χ4v) is 5.48. The fourth-order valence-electron chi connectivity index (χ4n) is 5.48. The Bertz CT molecular complexity index is 2230. The van der Waals surface area contributed by atoms with Crippen LogP contribution in [0.5, 0.6) is 17.2 Å². The third-order valence-corrected chi connectivity index (χ3v) is 8.37. The molecule has 0 fully saturated rings. The fraction of sp³-hybridized carbons (Fsp3) is 0.143. The molecule has 1 atom stereocenters. The molecule has 6 aromatic carbocycles. The van der Waals surface area contributed by atoms with Crippen molar-refractivity contribution >= 4 is 45.1 Å². The standard InChI is InChI=1S/C42H33NO7/c1-4-27(2)40(44)48-26-25-47-33-21-15-31(16-22-33)42(46)50-37-24-18-29-10-6-8-12-35(29)39(37)38-34-11-7-5-9-28(34)17-23-36(38)49-41(45)30-13-19-32(43-3)20-14-30/h5-24,27H,4,25-26H2,1-2H3. The van der Waals surface area contributed by atoms with Gasteiger partial charge in [0.05, 0.1) is 23.6 Å². The van der Waals surface area contributed by atoms with Crippen molar-refractivity contribution in [3.05, 3.63) is 144 Å². The Labute approximate surface area is 289 Å². The van der Waals surface area contributed by atoms with E-state index in [1.807, 2.05) is 74.5 Å². The monoisotopic (exact) mass is 663 g/mol.